The number of rotatable bonds is 3. The van der Waals surface area contributed by atoms with Gasteiger partial charge in [0.2, 0.25) is 0 Å². The molecule has 0 saturated carbocycles. The first-order valence-electron chi connectivity index (χ1n) is 4.40. The molecule has 1 aromatic rings. The summed E-state index contributed by atoms with van der Waals surface area (Å²) < 4.78 is 0. The van der Waals surface area contributed by atoms with Gasteiger partial charge in [0.25, 0.3) is 0 Å². The molecule has 1 heterocycles. The molecule has 0 aliphatic carbocycles. The second-order valence-corrected chi connectivity index (χ2v) is 4.51. The van der Waals surface area contributed by atoms with Crippen LogP contribution in [0, 0.1) is 18.3 Å². The Morgan fingerprint density at radius 3 is 2.86 bits per heavy atom. The van der Waals surface area contributed by atoms with E-state index in [9.17, 15) is 0 Å². The molecule has 0 aliphatic heterocycles. The fraction of sp³-hybridized carbons (Fsp3) is 0.400. The molecular weight excluding hydrogens is 216 g/mol. The number of halogens is 1. The summed E-state index contributed by atoms with van der Waals surface area (Å²) in [6.45, 7) is 3.95. The van der Waals surface area contributed by atoms with Gasteiger partial charge in [0.15, 0.2) is 0 Å². The summed E-state index contributed by atoms with van der Waals surface area (Å²) in [6, 6.07) is 2.14. The Bertz CT molecular complexity index is 387. The van der Waals surface area contributed by atoms with E-state index >= 15 is 0 Å². The predicted molar refractivity (Wildman–Crippen MR) is 60.1 cm³/mol. The van der Waals surface area contributed by atoms with Crippen LogP contribution in [0.15, 0.2) is 11.8 Å². The van der Waals surface area contributed by atoms with Gasteiger partial charge in [0, 0.05) is 11.8 Å². The lowest BCUT2D eigenvalue weighted by atomic mass is 10.1. The van der Waals surface area contributed by atoms with Crippen molar-refractivity contribution in [1.29, 1.82) is 5.26 Å². The predicted octanol–water partition coefficient (Wildman–Crippen LogP) is 3.73. The minimum absolute atomic E-state index is 0.556. The van der Waals surface area contributed by atoms with E-state index in [4.69, 9.17) is 16.9 Å². The summed E-state index contributed by atoms with van der Waals surface area (Å²) in [5.74, 6) is 0. The van der Waals surface area contributed by atoms with E-state index in [0.717, 1.165) is 22.7 Å². The lowest BCUT2D eigenvalue weighted by molar-refractivity contribution is 0.933. The molecular formula is C10H11ClN2S. The molecule has 0 fully saturated rings. The molecule has 0 unspecified atom stereocenters. The normalized spacial score (nSPS) is 12.1. The Balaban J connectivity index is 3.02. The monoisotopic (exact) mass is 226 g/mol. The molecule has 0 spiro atoms. The fourth-order valence-electron chi connectivity index (χ4n) is 1.08. The van der Waals surface area contributed by atoms with E-state index in [2.05, 4.69) is 11.1 Å². The number of nitrogens with zero attached hydrogens (tertiary/aromatic N) is 2. The lowest BCUT2D eigenvalue weighted by Gasteiger charge is -1.98. The highest BCUT2D eigenvalue weighted by Gasteiger charge is 2.08. The summed E-state index contributed by atoms with van der Waals surface area (Å²) in [5.41, 5.74) is 0.651. The summed E-state index contributed by atoms with van der Waals surface area (Å²) in [7, 11) is 0. The number of hydrogen-bond donors (Lipinski definition) is 0. The first-order chi connectivity index (χ1) is 6.69. The molecule has 0 aliphatic rings. The van der Waals surface area contributed by atoms with Crippen LogP contribution in [0.25, 0.3) is 5.03 Å². The zero-order valence-electron chi connectivity index (χ0n) is 8.17. The van der Waals surface area contributed by atoms with E-state index < -0.39 is 0 Å². The summed E-state index contributed by atoms with van der Waals surface area (Å²) in [4.78, 5) is 4.99. The average molecular weight is 227 g/mol. The molecule has 14 heavy (non-hydrogen) atoms. The van der Waals surface area contributed by atoms with Crippen LogP contribution < -0.4 is 0 Å². The number of aryl methyl sites for hydroxylation is 1. The highest BCUT2D eigenvalue weighted by Crippen LogP contribution is 2.29. The topological polar surface area (TPSA) is 36.7 Å². The van der Waals surface area contributed by atoms with Gasteiger partial charge in [0.05, 0.1) is 21.0 Å². The number of allylic oxidation sites excluding steroid dienone is 1. The third kappa shape index (κ3) is 2.57. The molecule has 0 bridgehead atoms. The van der Waals surface area contributed by atoms with Crippen molar-refractivity contribution < 1.29 is 0 Å². The van der Waals surface area contributed by atoms with E-state index in [1.807, 2.05) is 13.8 Å². The SMILES string of the molecule is CCCC(C#N)=C(Cl)c1cnc(C)s1. The molecule has 0 aromatic carbocycles. The summed E-state index contributed by atoms with van der Waals surface area (Å²) in [6.07, 6.45) is 3.37. The zero-order valence-corrected chi connectivity index (χ0v) is 9.74. The van der Waals surface area contributed by atoms with Crippen LogP contribution in [0.4, 0.5) is 0 Å². The van der Waals surface area contributed by atoms with Gasteiger partial charge >= 0.3 is 0 Å². The highest BCUT2D eigenvalue weighted by atomic mass is 35.5. The molecule has 0 amide bonds. The van der Waals surface area contributed by atoms with Gasteiger partial charge in [-0.15, -0.1) is 11.3 Å². The molecule has 2 nitrogen and oxygen atoms in total. The molecule has 74 valence electrons. The van der Waals surface area contributed by atoms with E-state index in [0.29, 0.717) is 10.6 Å². The maximum absolute atomic E-state index is 8.89. The summed E-state index contributed by atoms with van der Waals surface area (Å²) >= 11 is 7.61. The van der Waals surface area contributed by atoms with Gasteiger partial charge in [-0.25, -0.2) is 4.98 Å². The van der Waals surface area contributed by atoms with E-state index in [1.54, 1.807) is 6.20 Å². The van der Waals surface area contributed by atoms with Crippen molar-refractivity contribution in [3.8, 4) is 6.07 Å². The first-order valence-corrected chi connectivity index (χ1v) is 5.60. The molecule has 4 heteroatoms. The average Bonchev–Trinajstić information content (AvgIpc) is 2.60. The van der Waals surface area contributed by atoms with Gasteiger partial charge in [-0.3, -0.25) is 0 Å². The number of aromatic nitrogens is 1. The number of hydrogen-bond acceptors (Lipinski definition) is 3. The number of nitriles is 1. The Kier molecular flexibility index (Phi) is 4.12. The Hall–Kier alpha value is -0.850. The van der Waals surface area contributed by atoms with Gasteiger partial charge in [-0.1, -0.05) is 24.9 Å². The zero-order chi connectivity index (χ0) is 10.6. The Morgan fingerprint density at radius 1 is 1.71 bits per heavy atom. The van der Waals surface area contributed by atoms with Gasteiger partial charge in [-0.2, -0.15) is 5.26 Å². The van der Waals surface area contributed by atoms with Crippen molar-refractivity contribution in [1.82, 2.24) is 4.98 Å². The third-order valence-corrected chi connectivity index (χ3v) is 3.21. The van der Waals surface area contributed by atoms with Crippen LogP contribution >= 0.6 is 22.9 Å². The van der Waals surface area contributed by atoms with Crippen molar-refractivity contribution in [3.63, 3.8) is 0 Å². The highest BCUT2D eigenvalue weighted by molar-refractivity contribution is 7.13. The van der Waals surface area contributed by atoms with Crippen LogP contribution in [0.3, 0.4) is 0 Å². The third-order valence-electron chi connectivity index (χ3n) is 1.74. The van der Waals surface area contributed by atoms with Gasteiger partial charge in [-0.05, 0) is 13.3 Å². The van der Waals surface area contributed by atoms with Crippen LogP contribution in [0.2, 0.25) is 0 Å². The molecule has 1 rings (SSSR count). The minimum Gasteiger partial charge on any atom is -0.249 e. The van der Waals surface area contributed by atoms with Crippen molar-refractivity contribution in [2.24, 2.45) is 0 Å². The molecule has 0 saturated heterocycles. The van der Waals surface area contributed by atoms with Gasteiger partial charge in [0.1, 0.15) is 0 Å². The van der Waals surface area contributed by atoms with Crippen molar-refractivity contribution in [2.45, 2.75) is 26.7 Å². The van der Waals surface area contributed by atoms with Crippen LogP contribution in [0.5, 0.6) is 0 Å². The minimum atomic E-state index is 0.556. The van der Waals surface area contributed by atoms with Crippen LogP contribution in [0.1, 0.15) is 29.7 Å². The second-order valence-electron chi connectivity index (χ2n) is 2.90. The molecule has 1 aromatic heterocycles. The smallest absolute Gasteiger partial charge is 0.0963 e. The maximum atomic E-state index is 8.89. The Morgan fingerprint density at radius 2 is 2.43 bits per heavy atom. The largest absolute Gasteiger partial charge is 0.249 e. The van der Waals surface area contributed by atoms with E-state index in [1.165, 1.54) is 11.3 Å². The van der Waals surface area contributed by atoms with Crippen molar-refractivity contribution >= 4 is 28.0 Å². The number of thiazole rings is 1. The quantitative estimate of drug-likeness (QED) is 0.737. The second kappa shape index (κ2) is 5.14. The standard InChI is InChI=1S/C10H11ClN2S/c1-3-4-8(5-12)10(11)9-6-13-7(2)14-9/h6H,3-4H2,1-2H3. The molecule has 0 radical (unpaired) electrons. The van der Waals surface area contributed by atoms with Crippen molar-refractivity contribution in [2.75, 3.05) is 0 Å². The van der Waals surface area contributed by atoms with E-state index in [-0.39, 0.29) is 0 Å². The Labute approximate surface area is 92.9 Å². The van der Waals surface area contributed by atoms with Crippen LogP contribution in [-0.4, -0.2) is 4.98 Å². The fourth-order valence-corrected chi connectivity index (χ4v) is 2.12. The molecule has 0 N–H and O–H groups in total. The molecule has 0 atom stereocenters. The summed E-state index contributed by atoms with van der Waals surface area (Å²) in [5, 5.41) is 10.4. The first kappa shape index (κ1) is 11.2. The van der Waals surface area contributed by atoms with Crippen molar-refractivity contribution in [3.05, 3.63) is 21.7 Å². The lowest BCUT2D eigenvalue weighted by Crippen LogP contribution is -1.81. The van der Waals surface area contributed by atoms with Gasteiger partial charge < -0.3 is 0 Å². The van der Waals surface area contributed by atoms with Crippen LogP contribution in [-0.2, 0) is 0 Å². The maximum Gasteiger partial charge on any atom is 0.0963 e.